The number of benzene rings is 1. The number of ether oxygens (including phenoxy) is 1. The van der Waals surface area contributed by atoms with Gasteiger partial charge >= 0.3 is 6.18 Å². The summed E-state index contributed by atoms with van der Waals surface area (Å²) >= 11 is 1.51. The third-order valence-electron chi connectivity index (χ3n) is 5.02. The molecule has 0 N–H and O–H groups in total. The maximum atomic E-state index is 12.8. The van der Waals surface area contributed by atoms with Crippen LogP contribution in [-0.4, -0.2) is 40.0 Å². The quantitative estimate of drug-likeness (QED) is 0.562. The minimum Gasteiger partial charge on any atom is -0.490 e. The molecule has 1 aliphatic heterocycles. The van der Waals surface area contributed by atoms with Crippen LogP contribution >= 0.6 is 11.3 Å². The highest BCUT2D eigenvalue weighted by Crippen LogP contribution is 2.30. The van der Waals surface area contributed by atoms with Gasteiger partial charge in [0.2, 0.25) is 5.91 Å². The van der Waals surface area contributed by atoms with Crippen molar-refractivity contribution >= 4 is 17.2 Å². The van der Waals surface area contributed by atoms with Gasteiger partial charge in [-0.25, -0.2) is 4.98 Å². The zero-order valence-electron chi connectivity index (χ0n) is 16.5. The maximum Gasteiger partial charge on any atom is 0.433 e. The van der Waals surface area contributed by atoms with Gasteiger partial charge in [0.05, 0.1) is 12.1 Å². The molecule has 3 heterocycles. The van der Waals surface area contributed by atoms with Crippen LogP contribution in [0.15, 0.2) is 54.0 Å². The fraction of sp³-hybridized carbons (Fsp3) is 0.318. The van der Waals surface area contributed by atoms with Gasteiger partial charge in [0, 0.05) is 49.1 Å². The van der Waals surface area contributed by atoms with E-state index in [4.69, 9.17) is 4.74 Å². The number of pyridine rings is 1. The molecule has 0 bridgehead atoms. The second kappa shape index (κ2) is 9.05. The number of aromatic nitrogens is 2. The van der Waals surface area contributed by atoms with E-state index in [1.54, 1.807) is 4.90 Å². The molecule has 0 saturated carbocycles. The number of piperidine rings is 1. The van der Waals surface area contributed by atoms with Crippen molar-refractivity contribution < 1.29 is 22.7 Å². The molecule has 0 unspecified atom stereocenters. The average molecular weight is 447 g/mol. The van der Waals surface area contributed by atoms with Gasteiger partial charge in [-0.15, -0.1) is 11.3 Å². The normalized spacial score (nSPS) is 15.1. The van der Waals surface area contributed by atoms with Crippen LogP contribution in [0.4, 0.5) is 13.2 Å². The third-order valence-corrected chi connectivity index (χ3v) is 5.96. The fourth-order valence-electron chi connectivity index (χ4n) is 3.42. The SMILES string of the molecule is O=C(Cc1csc(-c2ccccc2)n1)N1CCC(Oc2ccnc(C(F)(F)F)c2)CC1. The maximum absolute atomic E-state index is 12.8. The highest BCUT2D eigenvalue weighted by atomic mass is 32.1. The van der Waals surface area contributed by atoms with Crippen molar-refractivity contribution in [3.63, 3.8) is 0 Å². The van der Waals surface area contributed by atoms with Crippen LogP contribution in [0.2, 0.25) is 0 Å². The number of thiazole rings is 1. The van der Waals surface area contributed by atoms with E-state index < -0.39 is 11.9 Å². The van der Waals surface area contributed by atoms with Crippen LogP contribution in [0.1, 0.15) is 24.2 Å². The Morgan fingerprint density at radius 1 is 1.16 bits per heavy atom. The molecule has 0 radical (unpaired) electrons. The molecule has 4 rings (SSSR count). The van der Waals surface area contributed by atoms with Gasteiger partial charge in [0.15, 0.2) is 0 Å². The van der Waals surface area contributed by atoms with E-state index in [-0.39, 0.29) is 24.2 Å². The second-order valence-electron chi connectivity index (χ2n) is 7.26. The van der Waals surface area contributed by atoms with E-state index >= 15 is 0 Å². The Bertz CT molecular complexity index is 1030. The molecule has 0 atom stereocenters. The van der Waals surface area contributed by atoms with Crippen molar-refractivity contribution in [3.05, 3.63) is 65.4 Å². The number of carbonyl (C=O) groups is 1. The molecular formula is C22H20F3N3O2S. The molecule has 3 aromatic rings. The fourth-order valence-corrected chi connectivity index (χ4v) is 4.25. The molecule has 0 aliphatic carbocycles. The van der Waals surface area contributed by atoms with Crippen LogP contribution in [0.3, 0.4) is 0 Å². The number of carbonyl (C=O) groups excluding carboxylic acids is 1. The monoisotopic (exact) mass is 447 g/mol. The molecule has 1 amide bonds. The lowest BCUT2D eigenvalue weighted by atomic mass is 10.1. The first kappa shape index (κ1) is 21.3. The predicted molar refractivity (Wildman–Crippen MR) is 111 cm³/mol. The number of likely N-dealkylation sites (tertiary alicyclic amines) is 1. The lowest BCUT2D eigenvalue weighted by Gasteiger charge is -2.32. The van der Waals surface area contributed by atoms with Gasteiger partial charge in [-0.05, 0) is 6.07 Å². The Morgan fingerprint density at radius 3 is 2.61 bits per heavy atom. The molecule has 9 heteroatoms. The van der Waals surface area contributed by atoms with E-state index in [0.717, 1.165) is 28.5 Å². The van der Waals surface area contributed by atoms with E-state index in [2.05, 4.69) is 9.97 Å². The largest absolute Gasteiger partial charge is 0.490 e. The highest BCUT2D eigenvalue weighted by molar-refractivity contribution is 7.13. The van der Waals surface area contributed by atoms with Crippen LogP contribution < -0.4 is 4.74 Å². The Labute approximate surface area is 181 Å². The van der Waals surface area contributed by atoms with Crippen molar-refractivity contribution in [1.29, 1.82) is 0 Å². The van der Waals surface area contributed by atoms with Crippen molar-refractivity contribution in [3.8, 4) is 16.3 Å². The molecule has 31 heavy (non-hydrogen) atoms. The molecule has 1 fully saturated rings. The molecule has 0 spiro atoms. The average Bonchev–Trinajstić information content (AvgIpc) is 3.23. The zero-order valence-corrected chi connectivity index (χ0v) is 17.3. The van der Waals surface area contributed by atoms with Crippen molar-refractivity contribution in [2.75, 3.05) is 13.1 Å². The summed E-state index contributed by atoms with van der Waals surface area (Å²) in [6.45, 7) is 0.993. The number of hydrogen-bond donors (Lipinski definition) is 0. The number of nitrogens with zero attached hydrogens (tertiary/aromatic N) is 3. The second-order valence-corrected chi connectivity index (χ2v) is 8.12. The summed E-state index contributed by atoms with van der Waals surface area (Å²) in [7, 11) is 0. The van der Waals surface area contributed by atoms with Gasteiger partial charge in [-0.3, -0.25) is 9.78 Å². The molecule has 2 aromatic heterocycles. The third kappa shape index (κ3) is 5.41. The first-order valence-corrected chi connectivity index (χ1v) is 10.7. The topological polar surface area (TPSA) is 55.3 Å². The highest BCUT2D eigenvalue weighted by Gasteiger charge is 2.33. The lowest BCUT2D eigenvalue weighted by Crippen LogP contribution is -2.42. The predicted octanol–water partition coefficient (Wildman–Crippen LogP) is 4.84. The van der Waals surface area contributed by atoms with Crippen LogP contribution in [0.5, 0.6) is 5.75 Å². The van der Waals surface area contributed by atoms with Gasteiger partial charge in [-0.1, -0.05) is 30.3 Å². The van der Waals surface area contributed by atoms with Crippen LogP contribution in [-0.2, 0) is 17.4 Å². The van der Waals surface area contributed by atoms with Crippen LogP contribution in [0.25, 0.3) is 10.6 Å². The number of rotatable bonds is 5. The first-order chi connectivity index (χ1) is 14.9. The number of amides is 1. The van der Waals surface area contributed by atoms with Gasteiger partial charge in [-0.2, -0.15) is 13.2 Å². The van der Waals surface area contributed by atoms with Gasteiger partial charge in [0.1, 0.15) is 22.6 Å². The Hall–Kier alpha value is -2.94. The van der Waals surface area contributed by atoms with E-state index in [1.165, 1.54) is 17.4 Å². The van der Waals surface area contributed by atoms with E-state index in [9.17, 15) is 18.0 Å². The summed E-state index contributed by atoms with van der Waals surface area (Å²) in [5, 5.41) is 2.78. The summed E-state index contributed by atoms with van der Waals surface area (Å²) in [4.78, 5) is 22.3. The molecule has 5 nitrogen and oxygen atoms in total. The van der Waals surface area contributed by atoms with Crippen LogP contribution in [0, 0.1) is 0 Å². The summed E-state index contributed by atoms with van der Waals surface area (Å²) < 4.78 is 44.1. The Balaban J connectivity index is 1.29. The van der Waals surface area contributed by atoms with E-state index in [0.29, 0.717) is 25.9 Å². The number of alkyl halides is 3. The van der Waals surface area contributed by atoms with Gasteiger partial charge in [0.25, 0.3) is 0 Å². The lowest BCUT2D eigenvalue weighted by molar-refractivity contribution is -0.141. The Kier molecular flexibility index (Phi) is 6.22. The summed E-state index contributed by atoms with van der Waals surface area (Å²) in [6.07, 6.45) is -2.31. The number of halogens is 3. The molecule has 1 aromatic carbocycles. The van der Waals surface area contributed by atoms with E-state index in [1.807, 2.05) is 35.7 Å². The summed E-state index contributed by atoms with van der Waals surface area (Å²) in [5.74, 6) is 0.134. The Morgan fingerprint density at radius 2 is 1.90 bits per heavy atom. The minimum absolute atomic E-state index is 0.00775. The summed E-state index contributed by atoms with van der Waals surface area (Å²) in [5.41, 5.74) is 0.786. The van der Waals surface area contributed by atoms with Crippen molar-refractivity contribution in [2.45, 2.75) is 31.5 Å². The smallest absolute Gasteiger partial charge is 0.433 e. The van der Waals surface area contributed by atoms with Gasteiger partial charge < -0.3 is 9.64 Å². The molecule has 1 saturated heterocycles. The standard InChI is InChI=1S/C22H20F3N3O2S/c23-22(24,25)19-13-18(6-9-26-19)30-17-7-10-28(11-8-17)20(29)12-16-14-31-21(27-16)15-4-2-1-3-5-15/h1-6,9,13-14,17H,7-8,10-12H2. The first-order valence-electron chi connectivity index (χ1n) is 9.86. The minimum atomic E-state index is -4.51. The zero-order chi connectivity index (χ0) is 21.8. The number of hydrogen-bond acceptors (Lipinski definition) is 5. The van der Waals surface area contributed by atoms with Crippen molar-refractivity contribution in [1.82, 2.24) is 14.9 Å². The molecule has 1 aliphatic rings. The van der Waals surface area contributed by atoms with Crippen molar-refractivity contribution in [2.24, 2.45) is 0 Å². The molecule has 162 valence electrons. The molecular weight excluding hydrogens is 427 g/mol. The summed E-state index contributed by atoms with van der Waals surface area (Å²) in [6, 6.07) is 12.1.